The Kier molecular flexibility index (Phi) is 3.48. The van der Waals surface area contributed by atoms with Crippen molar-refractivity contribution in [3.05, 3.63) is 0 Å². The molecule has 0 aromatic carbocycles. The topological polar surface area (TPSA) is 37.3 Å². The first kappa shape index (κ1) is 10.7. The normalized spacial score (nSPS) is 20.9. The van der Waals surface area contributed by atoms with Gasteiger partial charge in [0.15, 0.2) is 5.78 Å². The number of hydrogen-bond donors (Lipinski definition) is 1. The molecule has 2 heteroatoms. The second-order valence-corrected chi connectivity index (χ2v) is 4.59. The van der Waals surface area contributed by atoms with E-state index in [1.54, 1.807) is 0 Å². The first-order chi connectivity index (χ1) is 6.04. The van der Waals surface area contributed by atoms with Gasteiger partial charge in [0, 0.05) is 6.42 Å². The Morgan fingerprint density at radius 2 is 1.92 bits per heavy atom. The molecule has 0 aromatic rings. The Labute approximate surface area is 80.3 Å². The minimum absolute atomic E-state index is 0.0682. The number of aliphatic hydroxyl groups is 1. The van der Waals surface area contributed by atoms with Crippen molar-refractivity contribution >= 4 is 5.78 Å². The second kappa shape index (κ2) is 4.23. The minimum atomic E-state index is -0.950. The Hall–Kier alpha value is -0.370. The van der Waals surface area contributed by atoms with Crippen LogP contribution < -0.4 is 0 Å². The van der Waals surface area contributed by atoms with Gasteiger partial charge < -0.3 is 5.11 Å². The predicted octanol–water partition coefficient (Wildman–Crippen LogP) is 2.30. The molecule has 2 nitrogen and oxygen atoms in total. The molecule has 1 saturated carbocycles. The number of carbonyl (C=O) groups is 1. The summed E-state index contributed by atoms with van der Waals surface area (Å²) < 4.78 is 0. The van der Waals surface area contributed by atoms with E-state index in [1.807, 2.05) is 0 Å². The summed E-state index contributed by atoms with van der Waals surface area (Å²) in [4.78, 5) is 11.6. The van der Waals surface area contributed by atoms with E-state index in [4.69, 9.17) is 0 Å². The fourth-order valence-corrected chi connectivity index (χ4v) is 1.89. The zero-order valence-corrected chi connectivity index (χ0v) is 8.68. The molecule has 0 spiro atoms. The Morgan fingerprint density at radius 1 is 1.38 bits per heavy atom. The first-order valence-electron chi connectivity index (χ1n) is 5.30. The lowest BCUT2D eigenvalue weighted by molar-refractivity contribution is -0.137. The fourth-order valence-electron chi connectivity index (χ4n) is 1.89. The number of ketones is 1. The molecular weight excluding hydrogens is 164 g/mol. The van der Waals surface area contributed by atoms with Crippen molar-refractivity contribution in [2.24, 2.45) is 5.92 Å². The summed E-state index contributed by atoms with van der Waals surface area (Å²) >= 11 is 0. The Balaban J connectivity index is 2.38. The maximum atomic E-state index is 11.6. The molecule has 13 heavy (non-hydrogen) atoms. The van der Waals surface area contributed by atoms with Crippen LogP contribution in [0.1, 0.15) is 52.4 Å². The second-order valence-electron chi connectivity index (χ2n) is 4.59. The summed E-state index contributed by atoms with van der Waals surface area (Å²) in [6.45, 7) is 4.21. The van der Waals surface area contributed by atoms with Gasteiger partial charge in [-0.05, 0) is 38.0 Å². The smallest absolute Gasteiger partial charge is 0.164 e. The Morgan fingerprint density at radius 3 is 2.38 bits per heavy atom. The third-order valence-electron chi connectivity index (χ3n) is 2.90. The largest absolute Gasteiger partial charge is 0.382 e. The highest BCUT2D eigenvalue weighted by atomic mass is 16.3. The van der Waals surface area contributed by atoms with Gasteiger partial charge in [0.2, 0.25) is 0 Å². The Bertz CT molecular complexity index is 179. The number of carbonyl (C=O) groups excluding carboxylic acids is 1. The lowest BCUT2D eigenvalue weighted by atomic mass is 9.91. The molecule has 1 aliphatic rings. The average molecular weight is 184 g/mol. The first-order valence-corrected chi connectivity index (χ1v) is 5.30. The molecule has 0 radical (unpaired) electrons. The molecule has 0 unspecified atom stereocenters. The van der Waals surface area contributed by atoms with Crippen molar-refractivity contribution in [1.29, 1.82) is 0 Å². The van der Waals surface area contributed by atoms with Crippen LogP contribution in [0.15, 0.2) is 0 Å². The molecule has 0 amide bonds. The molecule has 0 heterocycles. The zero-order chi connectivity index (χ0) is 9.90. The average Bonchev–Trinajstić information content (AvgIpc) is 2.49. The van der Waals surface area contributed by atoms with E-state index < -0.39 is 5.60 Å². The highest BCUT2D eigenvalue weighted by Crippen LogP contribution is 2.31. The van der Waals surface area contributed by atoms with Crippen molar-refractivity contribution in [1.82, 2.24) is 0 Å². The van der Waals surface area contributed by atoms with E-state index in [9.17, 15) is 9.90 Å². The van der Waals surface area contributed by atoms with Gasteiger partial charge in [-0.25, -0.2) is 0 Å². The summed E-state index contributed by atoms with van der Waals surface area (Å²) in [7, 11) is 0. The third kappa shape index (κ3) is 2.80. The van der Waals surface area contributed by atoms with Gasteiger partial charge in [0.05, 0.1) is 0 Å². The number of rotatable bonds is 4. The van der Waals surface area contributed by atoms with Crippen LogP contribution in [-0.2, 0) is 4.79 Å². The van der Waals surface area contributed by atoms with E-state index >= 15 is 0 Å². The molecule has 1 rings (SSSR count). The highest BCUT2D eigenvalue weighted by Gasteiger charge is 2.37. The zero-order valence-electron chi connectivity index (χ0n) is 8.68. The summed E-state index contributed by atoms with van der Waals surface area (Å²) in [5.41, 5.74) is -0.950. The van der Waals surface area contributed by atoms with Crippen molar-refractivity contribution < 1.29 is 9.90 Å². The third-order valence-corrected chi connectivity index (χ3v) is 2.90. The van der Waals surface area contributed by atoms with Gasteiger partial charge in [0.1, 0.15) is 5.60 Å². The minimum Gasteiger partial charge on any atom is -0.382 e. The lowest BCUT2D eigenvalue weighted by Gasteiger charge is -2.20. The van der Waals surface area contributed by atoms with Crippen LogP contribution in [0.3, 0.4) is 0 Å². The van der Waals surface area contributed by atoms with Crippen LogP contribution >= 0.6 is 0 Å². The van der Waals surface area contributed by atoms with Gasteiger partial charge in [-0.2, -0.15) is 0 Å². The number of hydrogen-bond acceptors (Lipinski definition) is 2. The molecular formula is C11H20O2. The molecule has 1 fully saturated rings. The molecule has 0 bridgehead atoms. The van der Waals surface area contributed by atoms with Gasteiger partial charge in [-0.15, -0.1) is 0 Å². The SMILES string of the molecule is CC(C)CCC(=O)C1(O)CCCC1. The van der Waals surface area contributed by atoms with E-state index in [2.05, 4.69) is 13.8 Å². The van der Waals surface area contributed by atoms with Crippen LogP contribution in [0, 0.1) is 5.92 Å². The van der Waals surface area contributed by atoms with E-state index in [0.717, 1.165) is 19.3 Å². The molecule has 0 atom stereocenters. The van der Waals surface area contributed by atoms with Crippen LogP contribution in [-0.4, -0.2) is 16.5 Å². The molecule has 0 aliphatic heterocycles. The van der Waals surface area contributed by atoms with Crippen molar-refractivity contribution in [2.75, 3.05) is 0 Å². The summed E-state index contributed by atoms with van der Waals surface area (Å²) in [6.07, 6.45) is 4.83. The van der Waals surface area contributed by atoms with Gasteiger partial charge in [0.25, 0.3) is 0 Å². The van der Waals surface area contributed by atoms with Crippen LogP contribution in [0.5, 0.6) is 0 Å². The quantitative estimate of drug-likeness (QED) is 0.728. The molecule has 0 aromatic heterocycles. The maximum Gasteiger partial charge on any atom is 0.164 e. The van der Waals surface area contributed by atoms with E-state index in [-0.39, 0.29) is 5.78 Å². The lowest BCUT2D eigenvalue weighted by Crippen LogP contribution is -2.35. The van der Waals surface area contributed by atoms with E-state index in [0.29, 0.717) is 25.2 Å². The van der Waals surface area contributed by atoms with Crippen LogP contribution in [0.4, 0.5) is 0 Å². The fraction of sp³-hybridized carbons (Fsp3) is 0.909. The molecule has 0 saturated heterocycles. The van der Waals surface area contributed by atoms with Crippen molar-refractivity contribution in [3.63, 3.8) is 0 Å². The monoisotopic (exact) mass is 184 g/mol. The van der Waals surface area contributed by atoms with Crippen molar-refractivity contribution in [2.45, 2.75) is 58.0 Å². The summed E-state index contributed by atoms with van der Waals surface area (Å²) in [6, 6.07) is 0. The van der Waals surface area contributed by atoms with Gasteiger partial charge >= 0.3 is 0 Å². The van der Waals surface area contributed by atoms with Crippen molar-refractivity contribution in [3.8, 4) is 0 Å². The summed E-state index contributed by atoms with van der Waals surface area (Å²) in [5, 5.41) is 9.92. The van der Waals surface area contributed by atoms with E-state index in [1.165, 1.54) is 0 Å². The predicted molar refractivity (Wildman–Crippen MR) is 52.5 cm³/mol. The van der Waals surface area contributed by atoms with Crippen LogP contribution in [0.2, 0.25) is 0 Å². The molecule has 76 valence electrons. The van der Waals surface area contributed by atoms with Crippen LogP contribution in [0.25, 0.3) is 0 Å². The van der Waals surface area contributed by atoms with Gasteiger partial charge in [-0.3, -0.25) is 4.79 Å². The summed E-state index contributed by atoms with van der Waals surface area (Å²) in [5.74, 6) is 0.618. The highest BCUT2D eigenvalue weighted by molar-refractivity contribution is 5.87. The molecule has 1 aliphatic carbocycles. The standard InChI is InChI=1S/C11H20O2/c1-9(2)5-6-10(12)11(13)7-3-4-8-11/h9,13H,3-8H2,1-2H3. The maximum absolute atomic E-state index is 11.6. The number of Topliss-reactive ketones (excluding diaryl/α,β-unsaturated/α-hetero) is 1. The van der Waals surface area contributed by atoms with Gasteiger partial charge in [-0.1, -0.05) is 13.8 Å². The molecule has 1 N–H and O–H groups in total.